The molecule has 5 heteroatoms. The first-order chi connectivity index (χ1) is 9.50. The Hall–Kier alpha value is -2.82. The Bertz CT molecular complexity index is 876. The van der Waals surface area contributed by atoms with Crippen LogP contribution < -0.4 is 0 Å². The van der Waals surface area contributed by atoms with Crippen molar-refractivity contribution in [3.8, 4) is 0 Å². The van der Waals surface area contributed by atoms with Crippen molar-refractivity contribution in [2.75, 3.05) is 0 Å². The molecule has 0 amide bonds. The number of carbonyl (C=O) groups is 2. The van der Waals surface area contributed by atoms with Crippen LogP contribution in [0.15, 0.2) is 30.3 Å². The fraction of sp³-hybridized carbons (Fsp3) is 0.0667. The predicted molar refractivity (Wildman–Crippen MR) is 74.5 cm³/mol. The number of benzene rings is 2. The number of carboxylic acids is 2. The maximum absolute atomic E-state index is 11.3. The van der Waals surface area contributed by atoms with Crippen molar-refractivity contribution < 1.29 is 19.8 Å². The Morgan fingerprint density at radius 3 is 2.40 bits per heavy atom. The molecular weight excluding hydrogens is 258 g/mol. The monoisotopic (exact) mass is 269 g/mol. The van der Waals surface area contributed by atoms with Crippen LogP contribution in [0.4, 0.5) is 0 Å². The highest BCUT2D eigenvalue weighted by atomic mass is 16.4. The molecule has 5 nitrogen and oxygen atoms in total. The molecule has 0 saturated carbocycles. The minimum Gasteiger partial charge on any atom is -0.478 e. The van der Waals surface area contributed by atoms with Crippen molar-refractivity contribution in [3.63, 3.8) is 0 Å². The van der Waals surface area contributed by atoms with E-state index in [1.165, 1.54) is 6.07 Å². The van der Waals surface area contributed by atoms with Gasteiger partial charge in [0.1, 0.15) is 0 Å². The van der Waals surface area contributed by atoms with Crippen molar-refractivity contribution in [2.45, 2.75) is 6.92 Å². The lowest BCUT2D eigenvalue weighted by Gasteiger charge is -2.07. The van der Waals surface area contributed by atoms with Crippen LogP contribution in [0.3, 0.4) is 0 Å². The maximum Gasteiger partial charge on any atom is 0.336 e. The Morgan fingerprint density at radius 2 is 1.75 bits per heavy atom. The first kappa shape index (κ1) is 12.2. The second kappa shape index (κ2) is 4.09. The van der Waals surface area contributed by atoms with E-state index in [9.17, 15) is 19.8 Å². The fourth-order valence-corrected chi connectivity index (χ4v) is 2.60. The van der Waals surface area contributed by atoms with Crippen LogP contribution >= 0.6 is 0 Å². The van der Waals surface area contributed by atoms with Gasteiger partial charge in [0.05, 0.1) is 16.6 Å². The van der Waals surface area contributed by atoms with Crippen LogP contribution in [-0.2, 0) is 0 Å². The normalized spacial score (nSPS) is 11.1. The molecule has 0 aliphatic heterocycles. The van der Waals surface area contributed by atoms with Crippen LogP contribution in [0.5, 0.6) is 0 Å². The molecule has 0 aliphatic carbocycles. The molecule has 20 heavy (non-hydrogen) atoms. The standard InChI is InChI=1S/C15H11NO4/c1-7-12(15(19)20)10(14(17)18)6-9-8-4-2-3-5-11(8)16-13(7)9/h2-6,16H,1H3,(H,17,18)(H,19,20). The summed E-state index contributed by atoms with van der Waals surface area (Å²) in [5, 5.41) is 20.1. The van der Waals surface area contributed by atoms with E-state index in [0.29, 0.717) is 11.1 Å². The van der Waals surface area contributed by atoms with Crippen molar-refractivity contribution in [3.05, 3.63) is 47.0 Å². The van der Waals surface area contributed by atoms with E-state index in [1.807, 2.05) is 24.3 Å². The van der Waals surface area contributed by atoms with Crippen molar-refractivity contribution in [1.82, 2.24) is 4.98 Å². The molecule has 3 aromatic rings. The smallest absolute Gasteiger partial charge is 0.336 e. The number of aryl methyl sites for hydroxylation is 1. The van der Waals surface area contributed by atoms with Crippen LogP contribution in [0.25, 0.3) is 21.8 Å². The largest absolute Gasteiger partial charge is 0.478 e. The molecule has 0 fully saturated rings. The van der Waals surface area contributed by atoms with Crippen LogP contribution in [0.2, 0.25) is 0 Å². The van der Waals surface area contributed by atoms with Crippen molar-refractivity contribution in [2.24, 2.45) is 0 Å². The zero-order chi connectivity index (χ0) is 14.4. The molecule has 2 aromatic carbocycles. The number of nitrogens with one attached hydrogen (secondary N) is 1. The first-order valence-corrected chi connectivity index (χ1v) is 6.01. The van der Waals surface area contributed by atoms with Crippen LogP contribution in [0, 0.1) is 6.92 Å². The van der Waals surface area contributed by atoms with E-state index in [4.69, 9.17) is 0 Å². The Morgan fingerprint density at radius 1 is 1.05 bits per heavy atom. The summed E-state index contributed by atoms with van der Waals surface area (Å²) in [5.41, 5.74) is 1.59. The number of para-hydroxylation sites is 1. The third-order valence-electron chi connectivity index (χ3n) is 3.50. The number of aromatic amines is 1. The summed E-state index contributed by atoms with van der Waals surface area (Å²) in [6.07, 6.45) is 0. The molecule has 100 valence electrons. The molecule has 0 aliphatic rings. The highest BCUT2D eigenvalue weighted by Crippen LogP contribution is 2.31. The highest BCUT2D eigenvalue weighted by molar-refractivity contribution is 6.14. The molecule has 1 aromatic heterocycles. The lowest BCUT2D eigenvalue weighted by molar-refractivity contribution is 0.0651. The van der Waals surface area contributed by atoms with Crippen LogP contribution in [0.1, 0.15) is 26.3 Å². The van der Waals surface area contributed by atoms with E-state index in [0.717, 1.165) is 16.3 Å². The zero-order valence-electron chi connectivity index (χ0n) is 10.6. The minimum atomic E-state index is -1.24. The number of aromatic nitrogens is 1. The number of carboxylic acid groups (broad SMARTS) is 2. The van der Waals surface area contributed by atoms with E-state index in [1.54, 1.807) is 6.92 Å². The molecule has 0 saturated heterocycles. The van der Waals surface area contributed by atoms with Gasteiger partial charge in [0.25, 0.3) is 0 Å². The minimum absolute atomic E-state index is 0.170. The number of aromatic carboxylic acids is 2. The van der Waals surface area contributed by atoms with Gasteiger partial charge in [-0.15, -0.1) is 0 Å². The topological polar surface area (TPSA) is 90.4 Å². The lowest BCUT2D eigenvalue weighted by atomic mass is 9.98. The van der Waals surface area contributed by atoms with Gasteiger partial charge in [-0.1, -0.05) is 18.2 Å². The summed E-state index contributed by atoms with van der Waals surface area (Å²) in [5.74, 6) is -2.47. The SMILES string of the molecule is Cc1c(C(=O)O)c(C(=O)O)cc2c1[nH]c1ccccc12. The van der Waals surface area contributed by atoms with Gasteiger partial charge in [-0.3, -0.25) is 0 Å². The van der Waals surface area contributed by atoms with Gasteiger partial charge in [-0.25, -0.2) is 9.59 Å². The Balaban J connectivity index is 2.55. The quantitative estimate of drug-likeness (QED) is 0.667. The zero-order valence-corrected chi connectivity index (χ0v) is 10.6. The lowest BCUT2D eigenvalue weighted by Crippen LogP contribution is -2.10. The summed E-state index contributed by atoms with van der Waals surface area (Å²) < 4.78 is 0. The number of fused-ring (bicyclic) bond motifs is 3. The number of hydrogen-bond donors (Lipinski definition) is 3. The van der Waals surface area contributed by atoms with Crippen LogP contribution in [-0.4, -0.2) is 27.1 Å². The van der Waals surface area contributed by atoms with Gasteiger partial charge in [0.2, 0.25) is 0 Å². The van der Waals surface area contributed by atoms with Gasteiger partial charge in [-0.05, 0) is 24.6 Å². The number of H-pyrrole nitrogens is 1. The number of hydrogen-bond acceptors (Lipinski definition) is 2. The molecule has 0 bridgehead atoms. The van der Waals surface area contributed by atoms with Gasteiger partial charge >= 0.3 is 11.9 Å². The predicted octanol–water partition coefficient (Wildman–Crippen LogP) is 3.03. The Kier molecular flexibility index (Phi) is 2.50. The molecule has 3 rings (SSSR count). The summed E-state index contributed by atoms with van der Waals surface area (Å²) in [7, 11) is 0. The van der Waals surface area contributed by atoms with Crippen molar-refractivity contribution >= 4 is 33.7 Å². The summed E-state index contributed by atoms with van der Waals surface area (Å²) in [4.78, 5) is 25.8. The third kappa shape index (κ3) is 1.56. The molecule has 0 spiro atoms. The van der Waals surface area contributed by atoms with Gasteiger partial charge in [0.15, 0.2) is 0 Å². The molecule has 1 heterocycles. The van der Waals surface area contributed by atoms with Gasteiger partial charge < -0.3 is 15.2 Å². The maximum atomic E-state index is 11.3. The Labute approximate surface area is 113 Å². The summed E-state index contributed by atoms with van der Waals surface area (Å²) in [6.45, 7) is 1.62. The average molecular weight is 269 g/mol. The fourth-order valence-electron chi connectivity index (χ4n) is 2.60. The summed E-state index contributed by atoms with van der Waals surface area (Å²) >= 11 is 0. The second-order valence-electron chi connectivity index (χ2n) is 4.63. The summed E-state index contributed by atoms with van der Waals surface area (Å²) in [6, 6.07) is 8.89. The first-order valence-electron chi connectivity index (χ1n) is 6.01. The third-order valence-corrected chi connectivity index (χ3v) is 3.50. The van der Waals surface area contributed by atoms with E-state index < -0.39 is 11.9 Å². The molecule has 0 unspecified atom stereocenters. The van der Waals surface area contributed by atoms with E-state index in [-0.39, 0.29) is 11.1 Å². The second-order valence-corrected chi connectivity index (χ2v) is 4.63. The highest BCUT2D eigenvalue weighted by Gasteiger charge is 2.22. The van der Waals surface area contributed by atoms with Gasteiger partial charge in [-0.2, -0.15) is 0 Å². The molecule has 0 radical (unpaired) electrons. The van der Waals surface area contributed by atoms with E-state index >= 15 is 0 Å². The molecular formula is C15H11NO4. The molecule has 0 atom stereocenters. The molecule has 3 N–H and O–H groups in total. The van der Waals surface area contributed by atoms with Crippen molar-refractivity contribution in [1.29, 1.82) is 0 Å². The average Bonchev–Trinajstić information content (AvgIpc) is 2.77. The number of rotatable bonds is 2. The van der Waals surface area contributed by atoms with E-state index in [2.05, 4.69) is 4.98 Å². The van der Waals surface area contributed by atoms with Gasteiger partial charge in [0, 0.05) is 16.3 Å².